The van der Waals surface area contributed by atoms with E-state index in [1.165, 1.54) is 92.6 Å². The molecule has 1 nitrogen and oxygen atoms in total. The molecule has 0 atom stereocenters. The summed E-state index contributed by atoms with van der Waals surface area (Å²) in [5.41, 5.74) is 18.4. The normalized spacial score (nSPS) is 14.1. The SMILES string of the molecule is CC1(C)c2ccccc2-c2ccc(N(c3ccccc3)c3c4c(cc5sc6cc(-c7ccccc7)ccc6c35)C(c3ccccc3)(c3ccccc3)c3ccccc3-4)cc21. The van der Waals surface area contributed by atoms with E-state index in [1.54, 1.807) is 0 Å². The van der Waals surface area contributed by atoms with Gasteiger partial charge in [0.1, 0.15) is 0 Å². The van der Waals surface area contributed by atoms with Gasteiger partial charge in [0.25, 0.3) is 0 Å². The molecule has 2 aliphatic rings. The molecule has 2 heteroatoms. The Labute approximate surface area is 355 Å². The summed E-state index contributed by atoms with van der Waals surface area (Å²) in [6.07, 6.45) is 0. The van der Waals surface area contributed by atoms with Crippen LogP contribution in [0.25, 0.3) is 53.6 Å². The van der Waals surface area contributed by atoms with E-state index in [0.717, 1.165) is 11.4 Å². The minimum absolute atomic E-state index is 0.149. The van der Waals surface area contributed by atoms with E-state index in [9.17, 15) is 0 Å². The van der Waals surface area contributed by atoms with Crippen LogP contribution in [-0.4, -0.2) is 0 Å². The van der Waals surface area contributed by atoms with Crippen LogP contribution in [0.15, 0.2) is 212 Å². The van der Waals surface area contributed by atoms with Crippen LogP contribution in [0.4, 0.5) is 17.1 Å². The van der Waals surface area contributed by atoms with Crippen LogP contribution in [-0.2, 0) is 10.8 Å². The quantitative estimate of drug-likeness (QED) is 0.162. The third-order valence-corrected chi connectivity index (χ3v) is 14.4. The first-order valence-corrected chi connectivity index (χ1v) is 21.7. The van der Waals surface area contributed by atoms with Crippen molar-refractivity contribution < 1.29 is 0 Å². The van der Waals surface area contributed by atoms with Crippen LogP contribution >= 0.6 is 11.3 Å². The second-order valence-corrected chi connectivity index (χ2v) is 17.9. The maximum atomic E-state index is 2.58. The number of anilines is 3. The van der Waals surface area contributed by atoms with E-state index >= 15 is 0 Å². The molecule has 0 aliphatic heterocycles. The molecule has 0 bridgehead atoms. The van der Waals surface area contributed by atoms with Gasteiger partial charge in [0.15, 0.2) is 0 Å². The Morgan fingerprint density at radius 1 is 0.400 bits per heavy atom. The number of hydrogen-bond acceptors (Lipinski definition) is 2. The van der Waals surface area contributed by atoms with Gasteiger partial charge in [0.2, 0.25) is 0 Å². The van der Waals surface area contributed by atoms with Crippen LogP contribution in [0.2, 0.25) is 0 Å². The Balaban J connectivity index is 1.25. The standard InChI is InChI=1S/C58H41NS/c1-57(2)48-29-17-15-27-44(48)45-34-32-43(36-50(45)57)59(42-25-13-6-14-26-42)56-54-46-28-16-18-30-49(46)58(40-21-9-4-10-22-40,41-23-11-5-12-24-41)51(54)37-53-55(56)47-33-31-39(35-52(47)60-53)38-19-7-3-8-20-38/h3-37H,1-2H3. The maximum Gasteiger partial charge on any atom is 0.0714 e. The van der Waals surface area contributed by atoms with E-state index in [4.69, 9.17) is 0 Å². The second-order valence-electron chi connectivity index (χ2n) is 16.8. The minimum Gasteiger partial charge on any atom is -0.309 e. The number of nitrogens with zero attached hydrogens (tertiary/aromatic N) is 1. The molecule has 9 aromatic carbocycles. The highest BCUT2D eigenvalue weighted by molar-refractivity contribution is 7.26. The van der Waals surface area contributed by atoms with Gasteiger partial charge in [-0.1, -0.05) is 190 Å². The molecule has 0 N–H and O–H groups in total. The molecule has 0 spiro atoms. The van der Waals surface area contributed by atoms with Gasteiger partial charge in [-0.2, -0.15) is 0 Å². The van der Waals surface area contributed by atoms with Gasteiger partial charge in [-0.3, -0.25) is 0 Å². The van der Waals surface area contributed by atoms with Crippen LogP contribution in [0.5, 0.6) is 0 Å². The van der Waals surface area contributed by atoms with Gasteiger partial charge in [-0.25, -0.2) is 0 Å². The minimum atomic E-state index is -0.549. The van der Waals surface area contributed by atoms with Gasteiger partial charge in [0, 0.05) is 42.5 Å². The first-order chi connectivity index (χ1) is 29.5. The number of hydrogen-bond donors (Lipinski definition) is 0. The third-order valence-electron chi connectivity index (χ3n) is 13.3. The predicted octanol–water partition coefficient (Wildman–Crippen LogP) is 15.9. The molecule has 10 aromatic rings. The van der Waals surface area contributed by atoms with Gasteiger partial charge in [-0.15, -0.1) is 11.3 Å². The lowest BCUT2D eigenvalue weighted by Crippen LogP contribution is -2.28. The second kappa shape index (κ2) is 13.3. The van der Waals surface area contributed by atoms with Crippen LogP contribution in [0.1, 0.15) is 47.2 Å². The Hall–Kier alpha value is -7.00. The van der Waals surface area contributed by atoms with Gasteiger partial charge in [0.05, 0.1) is 11.1 Å². The monoisotopic (exact) mass is 783 g/mol. The largest absolute Gasteiger partial charge is 0.309 e. The highest BCUT2D eigenvalue weighted by Gasteiger charge is 2.48. The molecule has 0 saturated carbocycles. The van der Waals surface area contributed by atoms with Crippen molar-refractivity contribution >= 4 is 48.6 Å². The summed E-state index contributed by atoms with van der Waals surface area (Å²) in [6.45, 7) is 4.77. The molecule has 2 aliphatic carbocycles. The zero-order valence-corrected chi connectivity index (χ0v) is 34.4. The molecule has 284 valence electrons. The molecule has 0 unspecified atom stereocenters. The number of fused-ring (bicyclic) bond motifs is 9. The van der Waals surface area contributed by atoms with Crippen molar-refractivity contribution in [1.29, 1.82) is 0 Å². The Bertz CT molecular complexity index is 3230. The molecule has 0 saturated heterocycles. The van der Waals surface area contributed by atoms with E-state index in [1.807, 2.05) is 11.3 Å². The highest BCUT2D eigenvalue weighted by Crippen LogP contribution is 2.63. The maximum absolute atomic E-state index is 2.58. The van der Waals surface area contributed by atoms with E-state index in [-0.39, 0.29) is 5.41 Å². The summed E-state index contributed by atoms with van der Waals surface area (Å²) < 4.78 is 2.57. The number of para-hydroxylation sites is 1. The zero-order chi connectivity index (χ0) is 40.0. The lowest BCUT2D eigenvalue weighted by atomic mass is 9.67. The fraction of sp³-hybridized carbons (Fsp3) is 0.0690. The van der Waals surface area contributed by atoms with E-state index in [2.05, 4.69) is 231 Å². The average molecular weight is 784 g/mol. The molecule has 12 rings (SSSR count). The lowest BCUT2D eigenvalue weighted by Gasteiger charge is -2.35. The van der Waals surface area contributed by atoms with Crippen molar-refractivity contribution in [3.05, 3.63) is 246 Å². The van der Waals surface area contributed by atoms with Crippen LogP contribution < -0.4 is 4.90 Å². The summed E-state index contributed by atoms with van der Waals surface area (Å²) in [5.74, 6) is 0. The smallest absolute Gasteiger partial charge is 0.0714 e. The van der Waals surface area contributed by atoms with Crippen molar-refractivity contribution in [2.75, 3.05) is 4.90 Å². The Morgan fingerprint density at radius 2 is 0.983 bits per heavy atom. The summed E-state index contributed by atoms with van der Waals surface area (Å²) in [6, 6.07) is 79.2. The van der Waals surface area contributed by atoms with Crippen molar-refractivity contribution in [3.8, 4) is 33.4 Å². The molecule has 0 radical (unpaired) electrons. The summed E-state index contributed by atoms with van der Waals surface area (Å²) >= 11 is 1.91. The number of benzene rings is 9. The predicted molar refractivity (Wildman–Crippen MR) is 254 cm³/mol. The summed E-state index contributed by atoms with van der Waals surface area (Å²) in [4.78, 5) is 2.58. The van der Waals surface area contributed by atoms with Crippen molar-refractivity contribution in [2.24, 2.45) is 0 Å². The van der Waals surface area contributed by atoms with Crippen LogP contribution in [0, 0.1) is 0 Å². The van der Waals surface area contributed by atoms with Gasteiger partial charge < -0.3 is 4.90 Å². The van der Waals surface area contributed by atoms with Gasteiger partial charge >= 0.3 is 0 Å². The Kier molecular flexibility index (Phi) is 7.73. The fourth-order valence-electron chi connectivity index (χ4n) is 10.7. The molecule has 0 amide bonds. The summed E-state index contributed by atoms with van der Waals surface area (Å²) in [5, 5.41) is 2.56. The topological polar surface area (TPSA) is 3.24 Å². The Morgan fingerprint density at radius 3 is 1.68 bits per heavy atom. The molecular formula is C58H41NS. The fourth-order valence-corrected chi connectivity index (χ4v) is 11.9. The van der Waals surface area contributed by atoms with Crippen LogP contribution in [0.3, 0.4) is 0 Å². The average Bonchev–Trinajstić information content (AvgIpc) is 3.90. The van der Waals surface area contributed by atoms with E-state index in [0.29, 0.717) is 0 Å². The zero-order valence-electron chi connectivity index (χ0n) is 33.6. The van der Waals surface area contributed by atoms with Gasteiger partial charge in [-0.05, 0) is 97.6 Å². The molecule has 1 heterocycles. The first-order valence-electron chi connectivity index (χ1n) is 20.9. The van der Waals surface area contributed by atoms with Crippen molar-refractivity contribution in [3.63, 3.8) is 0 Å². The molecule has 0 fully saturated rings. The molecule has 60 heavy (non-hydrogen) atoms. The lowest BCUT2D eigenvalue weighted by molar-refractivity contribution is 0.660. The highest BCUT2D eigenvalue weighted by atomic mass is 32.1. The first kappa shape index (κ1) is 35.0. The van der Waals surface area contributed by atoms with Crippen molar-refractivity contribution in [1.82, 2.24) is 0 Å². The molecular weight excluding hydrogens is 743 g/mol. The number of thiophene rings is 1. The molecule has 1 aromatic heterocycles. The third kappa shape index (κ3) is 4.92. The van der Waals surface area contributed by atoms with Crippen molar-refractivity contribution in [2.45, 2.75) is 24.7 Å². The van der Waals surface area contributed by atoms with E-state index < -0.39 is 5.41 Å². The summed E-state index contributed by atoms with van der Waals surface area (Å²) in [7, 11) is 0. The number of rotatable bonds is 6.